The minimum absolute atomic E-state index is 0.0665. The van der Waals surface area contributed by atoms with Crippen LogP contribution < -0.4 is 14.2 Å². The summed E-state index contributed by atoms with van der Waals surface area (Å²) in [6.45, 7) is 7.67. The van der Waals surface area contributed by atoms with Gasteiger partial charge in [0.1, 0.15) is 11.5 Å². The molecule has 2 rings (SSSR count). The molecule has 0 aromatic heterocycles. The van der Waals surface area contributed by atoms with E-state index in [0.29, 0.717) is 11.3 Å². The van der Waals surface area contributed by atoms with Crippen LogP contribution in [0.25, 0.3) is 0 Å². The van der Waals surface area contributed by atoms with Gasteiger partial charge < -0.3 is 9.47 Å². The molecule has 2 aromatic carbocycles. The molecule has 0 amide bonds. The van der Waals surface area contributed by atoms with Crippen molar-refractivity contribution in [1.82, 2.24) is 4.72 Å². The number of sulfonamides is 1. The molecule has 0 bridgehead atoms. The topological polar surface area (TPSA) is 64.6 Å². The van der Waals surface area contributed by atoms with Crippen LogP contribution >= 0.6 is 0 Å². The molecule has 0 saturated heterocycles. The Bertz CT molecular complexity index is 844. The van der Waals surface area contributed by atoms with E-state index >= 15 is 0 Å². The molecule has 6 heteroatoms. The third-order valence-corrected chi connectivity index (χ3v) is 5.26. The molecule has 136 valence electrons. The Morgan fingerprint density at radius 2 is 1.80 bits per heavy atom. The number of ether oxygens (including phenoxy) is 2. The van der Waals surface area contributed by atoms with Crippen molar-refractivity contribution in [2.24, 2.45) is 0 Å². The van der Waals surface area contributed by atoms with Gasteiger partial charge in [-0.2, -0.15) is 0 Å². The van der Waals surface area contributed by atoms with Crippen molar-refractivity contribution in [2.75, 3.05) is 7.11 Å². The zero-order valence-corrected chi connectivity index (χ0v) is 16.1. The van der Waals surface area contributed by atoms with Crippen molar-refractivity contribution in [3.8, 4) is 11.5 Å². The second-order valence-electron chi connectivity index (χ2n) is 6.23. The molecule has 1 N–H and O–H groups in total. The predicted molar refractivity (Wildman–Crippen MR) is 98.7 cm³/mol. The SMILES string of the molecule is COc1cc(C)c(S(=O)(=O)NCc2cccc(OC(C)C)c2)cc1C. The second-order valence-corrected chi connectivity index (χ2v) is 7.96. The highest BCUT2D eigenvalue weighted by Gasteiger charge is 2.18. The minimum Gasteiger partial charge on any atom is -0.496 e. The van der Waals surface area contributed by atoms with Gasteiger partial charge in [0.2, 0.25) is 10.0 Å². The number of rotatable bonds is 7. The van der Waals surface area contributed by atoms with E-state index in [0.717, 1.165) is 16.9 Å². The summed E-state index contributed by atoms with van der Waals surface area (Å²) in [5.74, 6) is 1.40. The standard InChI is InChI=1S/C19H25NO4S/c1-13(2)24-17-8-6-7-16(11-17)12-20-25(21,22)19-10-14(3)18(23-5)9-15(19)4/h6-11,13,20H,12H2,1-5H3. The maximum absolute atomic E-state index is 12.7. The lowest BCUT2D eigenvalue weighted by Gasteiger charge is -2.14. The van der Waals surface area contributed by atoms with Gasteiger partial charge in [-0.05, 0) is 68.7 Å². The van der Waals surface area contributed by atoms with Crippen LogP contribution in [0.5, 0.6) is 11.5 Å². The lowest BCUT2D eigenvalue weighted by atomic mass is 10.1. The lowest BCUT2D eigenvalue weighted by molar-refractivity contribution is 0.242. The maximum Gasteiger partial charge on any atom is 0.241 e. The summed E-state index contributed by atoms with van der Waals surface area (Å²) >= 11 is 0. The van der Waals surface area contributed by atoms with Crippen molar-refractivity contribution < 1.29 is 17.9 Å². The number of aryl methyl sites for hydroxylation is 2. The van der Waals surface area contributed by atoms with Crippen LogP contribution in [0, 0.1) is 13.8 Å². The van der Waals surface area contributed by atoms with Crippen molar-refractivity contribution >= 4 is 10.0 Å². The fraction of sp³-hybridized carbons (Fsp3) is 0.368. The smallest absolute Gasteiger partial charge is 0.241 e. The Labute approximate surface area is 150 Å². The van der Waals surface area contributed by atoms with Crippen LogP contribution in [0.1, 0.15) is 30.5 Å². The first-order chi connectivity index (χ1) is 11.7. The average Bonchev–Trinajstić information content (AvgIpc) is 2.54. The summed E-state index contributed by atoms with van der Waals surface area (Å²) in [5, 5.41) is 0. The van der Waals surface area contributed by atoms with Crippen LogP contribution in [0.15, 0.2) is 41.3 Å². The van der Waals surface area contributed by atoms with Crippen molar-refractivity contribution in [3.05, 3.63) is 53.1 Å². The first-order valence-electron chi connectivity index (χ1n) is 8.13. The largest absolute Gasteiger partial charge is 0.496 e. The Balaban J connectivity index is 2.19. The fourth-order valence-electron chi connectivity index (χ4n) is 2.53. The van der Waals surface area contributed by atoms with Crippen LogP contribution in [0.3, 0.4) is 0 Å². The number of hydrogen-bond acceptors (Lipinski definition) is 4. The van der Waals surface area contributed by atoms with Gasteiger partial charge in [0.25, 0.3) is 0 Å². The molecule has 0 unspecified atom stereocenters. The molecule has 0 aliphatic carbocycles. The summed E-state index contributed by atoms with van der Waals surface area (Å²) in [6.07, 6.45) is 0.0665. The molecule has 0 saturated carbocycles. The third-order valence-electron chi connectivity index (χ3n) is 3.72. The second kappa shape index (κ2) is 7.89. The summed E-state index contributed by atoms with van der Waals surface area (Å²) < 4.78 is 38.8. The van der Waals surface area contributed by atoms with E-state index < -0.39 is 10.0 Å². The summed E-state index contributed by atoms with van der Waals surface area (Å²) in [7, 11) is -2.05. The number of benzene rings is 2. The third kappa shape index (κ3) is 4.96. The van der Waals surface area contributed by atoms with Crippen molar-refractivity contribution in [3.63, 3.8) is 0 Å². The molecule has 0 radical (unpaired) electrons. The van der Waals surface area contributed by atoms with Gasteiger partial charge in [-0.25, -0.2) is 13.1 Å². The quantitative estimate of drug-likeness (QED) is 0.817. The molecule has 25 heavy (non-hydrogen) atoms. The van der Waals surface area contributed by atoms with Crippen LogP contribution in [0.2, 0.25) is 0 Å². The molecule has 0 aliphatic heterocycles. The van der Waals surface area contributed by atoms with E-state index in [4.69, 9.17) is 9.47 Å². The Hall–Kier alpha value is -2.05. The molecule has 0 fully saturated rings. The zero-order chi connectivity index (χ0) is 18.6. The van der Waals surface area contributed by atoms with Crippen molar-refractivity contribution in [2.45, 2.75) is 45.2 Å². The van der Waals surface area contributed by atoms with Crippen molar-refractivity contribution in [1.29, 1.82) is 0 Å². The van der Waals surface area contributed by atoms with Gasteiger partial charge in [0.15, 0.2) is 0 Å². The Morgan fingerprint density at radius 3 is 2.44 bits per heavy atom. The summed E-state index contributed by atoms with van der Waals surface area (Å²) in [4.78, 5) is 0.264. The number of nitrogens with one attached hydrogen (secondary N) is 1. The zero-order valence-electron chi connectivity index (χ0n) is 15.3. The first kappa shape index (κ1) is 19.3. The fourth-order valence-corrected chi connectivity index (χ4v) is 3.86. The molecule has 0 aliphatic rings. The molecule has 0 spiro atoms. The monoisotopic (exact) mass is 363 g/mol. The van der Waals surface area contributed by atoms with Gasteiger partial charge in [-0.3, -0.25) is 0 Å². The van der Waals surface area contributed by atoms with Gasteiger partial charge in [0, 0.05) is 6.54 Å². The average molecular weight is 363 g/mol. The van der Waals surface area contributed by atoms with Crippen LogP contribution in [0.4, 0.5) is 0 Å². The van der Waals surface area contributed by atoms with Gasteiger partial charge in [-0.15, -0.1) is 0 Å². The van der Waals surface area contributed by atoms with E-state index in [2.05, 4.69) is 4.72 Å². The molecule has 0 heterocycles. The minimum atomic E-state index is -3.62. The van der Waals surface area contributed by atoms with E-state index in [1.807, 2.05) is 45.0 Å². The number of methoxy groups -OCH3 is 1. The van der Waals surface area contributed by atoms with Gasteiger partial charge in [0.05, 0.1) is 18.1 Å². The summed E-state index contributed by atoms with van der Waals surface area (Å²) in [5.41, 5.74) is 2.26. The lowest BCUT2D eigenvalue weighted by Crippen LogP contribution is -2.24. The van der Waals surface area contributed by atoms with Crippen LogP contribution in [-0.2, 0) is 16.6 Å². The normalized spacial score (nSPS) is 11.6. The Morgan fingerprint density at radius 1 is 1.08 bits per heavy atom. The number of hydrogen-bond donors (Lipinski definition) is 1. The molecule has 5 nitrogen and oxygen atoms in total. The summed E-state index contributed by atoms with van der Waals surface area (Å²) in [6, 6.07) is 10.8. The molecule has 0 atom stereocenters. The van der Waals surface area contributed by atoms with Crippen LogP contribution in [-0.4, -0.2) is 21.6 Å². The molecular formula is C19H25NO4S. The van der Waals surface area contributed by atoms with Gasteiger partial charge >= 0.3 is 0 Å². The molecular weight excluding hydrogens is 338 g/mol. The van der Waals surface area contributed by atoms with Gasteiger partial charge in [-0.1, -0.05) is 12.1 Å². The highest BCUT2D eigenvalue weighted by atomic mass is 32.2. The highest BCUT2D eigenvalue weighted by molar-refractivity contribution is 7.89. The Kier molecular flexibility index (Phi) is 6.08. The van der Waals surface area contributed by atoms with E-state index in [1.165, 1.54) is 0 Å². The highest BCUT2D eigenvalue weighted by Crippen LogP contribution is 2.25. The molecule has 2 aromatic rings. The predicted octanol–water partition coefficient (Wildman–Crippen LogP) is 3.58. The van der Waals surface area contributed by atoms with E-state index in [9.17, 15) is 8.42 Å². The maximum atomic E-state index is 12.7. The first-order valence-corrected chi connectivity index (χ1v) is 9.61. The van der Waals surface area contributed by atoms with E-state index in [1.54, 1.807) is 26.2 Å². The van der Waals surface area contributed by atoms with E-state index in [-0.39, 0.29) is 17.5 Å².